The van der Waals surface area contributed by atoms with Gasteiger partial charge in [-0.1, -0.05) is 18.5 Å². The summed E-state index contributed by atoms with van der Waals surface area (Å²) in [6.07, 6.45) is 3.83. The molecule has 0 unspecified atom stereocenters. The van der Waals surface area contributed by atoms with Crippen LogP contribution in [0.2, 0.25) is 5.02 Å². The SMILES string of the molecule is CCc1c(CCC=O)cc(Cl)c2c1OCCCO2. The third-order valence-corrected chi connectivity index (χ3v) is 3.33. The zero-order chi connectivity index (χ0) is 13.0. The molecule has 0 amide bonds. The van der Waals surface area contributed by atoms with Crippen LogP contribution in [0.25, 0.3) is 0 Å². The zero-order valence-electron chi connectivity index (χ0n) is 10.5. The highest BCUT2D eigenvalue weighted by Crippen LogP contribution is 2.42. The van der Waals surface area contributed by atoms with E-state index in [-0.39, 0.29) is 0 Å². The number of rotatable bonds is 4. The lowest BCUT2D eigenvalue weighted by Gasteiger charge is -2.17. The molecular formula is C14H17ClO3. The van der Waals surface area contributed by atoms with Crippen LogP contribution in [-0.4, -0.2) is 19.5 Å². The number of benzene rings is 1. The maximum Gasteiger partial charge on any atom is 0.180 e. The molecule has 0 saturated carbocycles. The maximum atomic E-state index is 10.5. The lowest BCUT2D eigenvalue weighted by atomic mass is 9.99. The molecule has 0 saturated heterocycles. The van der Waals surface area contributed by atoms with E-state index in [1.165, 1.54) is 0 Å². The predicted octanol–water partition coefficient (Wildman–Crippen LogP) is 3.20. The summed E-state index contributed by atoms with van der Waals surface area (Å²) in [6, 6.07) is 1.90. The number of carbonyl (C=O) groups excluding carboxylic acids is 1. The van der Waals surface area contributed by atoms with E-state index in [0.29, 0.717) is 36.8 Å². The Kier molecular flexibility index (Phi) is 4.48. The summed E-state index contributed by atoms with van der Waals surface area (Å²) in [7, 11) is 0. The van der Waals surface area contributed by atoms with Crippen LogP contribution in [-0.2, 0) is 17.6 Å². The molecule has 0 atom stereocenters. The highest BCUT2D eigenvalue weighted by Gasteiger charge is 2.20. The Morgan fingerprint density at radius 1 is 1.33 bits per heavy atom. The highest BCUT2D eigenvalue weighted by molar-refractivity contribution is 6.32. The summed E-state index contributed by atoms with van der Waals surface area (Å²) in [5.74, 6) is 1.42. The third-order valence-electron chi connectivity index (χ3n) is 3.05. The van der Waals surface area contributed by atoms with E-state index < -0.39 is 0 Å². The van der Waals surface area contributed by atoms with E-state index >= 15 is 0 Å². The first-order chi connectivity index (χ1) is 8.77. The second-order valence-electron chi connectivity index (χ2n) is 4.26. The number of carbonyl (C=O) groups is 1. The molecule has 1 aromatic rings. The molecule has 1 heterocycles. The van der Waals surface area contributed by atoms with Gasteiger partial charge in [0, 0.05) is 18.4 Å². The minimum absolute atomic E-state index is 0.503. The Balaban J connectivity index is 2.46. The fourth-order valence-electron chi connectivity index (χ4n) is 2.22. The van der Waals surface area contributed by atoms with E-state index in [0.717, 1.165) is 36.0 Å². The predicted molar refractivity (Wildman–Crippen MR) is 70.8 cm³/mol. The molecule has 0 bridgehead atoms. The molecule has 3 nitrogen and oxygen atoms in total. The second kappa shape index (κ2) is 6.10. The summed E-state index contributed by atoms with van der Waals surface area (Å²) < 4.78 is 11.4. The van der Waals surface area contributed by atoms with Crippen molar-refractivity contribution < 1.29 is 14.3 Å². The highest BCUT2D eigenvalue weighted by atomic mass is 35.5. The summed E-state index contributed by atoms with van der Waals surface area (Å²) in [6.45, 7) is 3.35. The van der Waals surface area contributed by atoms with Crippen molar-refractivity contribution in [3.63, 3.8) is 0 Å². The van der Waals surface area contributed by atoms with Crippen molar-refractivity contribution in [1.82, 2.24) is 0 Å². The van der Waals surface area contributed by atoms with Gasteiger partial charge in [0.15, 0.2) is 11.5 Å². The van der Waals surface area contributed by atoms with Crippen LogP contribution in [0.15, 0.2) is 6.07 Å². The van der Waals surface area contributed by atoms with Crippen molar-refractivity contribution in [2.75, 3.05) is 13.2 Å². The summed E-state index contributed by atoms with van der Waals surface area (Å²) in [4.78, 5) is 10.5. The Morgan fingerprint density at radius 2 is 2.06 bits per heavy atom. The van der Waals surface area contributed by atoms with E-state index in [9.17, 15) is 4.79 Å². The van der Waals surface area contributed by atoms with E-state index in [2.05, 4.69) is 6.92 Å². The van der Waals surface area contributed by atoms with Gasteiger partial charge in [-0.05, 0) is 24.5 Å². The van der Waals surface area contributed by atoms with Crippen molar-refractivity contribution in [2.24, 2.45) is 0 Å². The smallest absolute Gasteiger partial charge is 0.180 e. The number of halogens is 1. The van der Waals surface area contributed by atoms with Gasteiger partial charge in [-0.3, -0.25) is 0 Å². The Labute approximate surface area is 112 Å². The molecule has 98 valence electrons. The normalized spacial score (nSPS) is 14.1. The Morgan fingerprint density at radius 3 is 2.72 bits per heavy atom. The first-order valence-corrected chi connectivity index (χ1v) is 6.69. The zero-order valence-corrected chi connectivity index (χ0v) is 11.3. The summed E-state index contributed by atoms with van der Waals surface area (Å²) >= 11 is 6.23. The average Bonchev–Trinajstić information content (AvgIpc) is 2.62. The molecule has 2 rings (SSSR count). The van der Waals surface area contributed by atoms with E-state index in [1.807, 2.05) is 6.07 Å². The Hall–Kier alpha value is -1.22. The number of ether oxygens (including phenoxy) is 2. The molecule has 0 aliphatic carbocycles. The number of aldehydes is 1. The van der Waals surface area contributed by atoms with E-state index in [4.69, 9.17) is 21.1 Å². The lowest BCUT2D eigenvalue weighted by molar-refractivity contribution is -0.107. The van der Waals surface area contributed by atoms with Crippen molar-refractivity contribution in [3.8, 4) is 11.5 Å². The summed E-state index contributed by atoms with van der Waals surface area (Å²) in [5, 5.41) is 0.574. The molecule has 18 heavy (non-hydrogen) atoms. The van der Waals surface area contributed by atoms with Crippen LogP contribution >= 0.6 is 11.6 Å². The standard InChI is InChI=1S/C14H17ClO3/c1-2-11-10(5-3-6-16)9-12(15)14-13(11)17-7-4-8-18-14/h6,9H,2-5,7-8H2,1H3. The fourth-order valence-corrected chi connectivity index (χ4v) is 2.49. The molecule has 0 aromatic heterocycles. The third kappa shape index (κ3) is 2.61. The van der Waals surface area contributed by atoms with Gasteiger partial charge in [0.05, 0.1) is 18.2 Å². The van der Waals surface area contributed by atoms with Crippen molar-refractivity contribution in [2.45, 2.75) is 32.6 Å². The van der Waals surface area contributed by atoms with Crippen molar-refractivity contribution in [3.05, 3.63) is 22.2 Å². The van der Waals surface area contributed by atoms with Crippen LogP contribution in [0.1, 0.15) is 30.9 Å². The number of hydrogen-bond donors (Lipinski definition) is 0. The second-order valence-corrected chi connectivity index (χ2v) is 4.67. The first-order valence-electron chi connectivity index (χ1n) is 6.31. The van der Waals surface area contributed by atoms with Crippen LogP contribution in [0.3, 0.4) is 0 Å². The average molecular weight is 269 g/mol. The molecule has 1 aliphatic rings. The van der Waals surface area contributed by atoms with Crippen molar-refractivity contribution >= 4 is 17.9 Å². The molecular weight excluding hydrogens is 252 g/mol. The monoisotopic (exact) mass is 268 g/mol. The minimum atomic E-state index is 0.503. The topological polar surface area (TPSA) is 35.5 Å². The fraction of sp³-hybridized carbons (Fsp3) is 0.500. The Bertz CT molecular complexity index is 443. The largest absolute Gasteiger partial charge is 0.489 e. The lowest BCUT2D eigenvalue weighted by Crippen LogP contribution is -2.02. The van der Waals surface area contributed by atoms with Gasteiger partial charge in [-0.2, -0.15) is 0 Å². The van der Waals surface area contributed by atoms with Gasteiger partial charge in [0.25, 0.3) is 0 Å². The first kappa shape index (κ1) is 13.2. The molecule has 0 N–H and O–H groups in total. The molecule has 1 aliphatic heterocycles. The van der Waals surface area contributed by atoms with Gasteiger partial charge >= 0.3 is 0 Å². The number of fused-ring (bicyclic) bond motifs is 1. The van der Waals surface area contributed by atoms with Crippen molar-refractivity contribution in [1.29, 1.82) is 0 Å². The molecule has 4 heteroatoms. The van der Waals surface area contributed by atoms with Crippen LogP contribution in [0, 0.1) is 0 Å². The van der Waals surface area contributed by atoms with E-state index in [1.54, 1.807) is 0 Å². The maximum absolute atomic E-state index is 10.5. The molecule has 0 fully saturated rings. The van der Waals surface area contributed by atoms with Gasteiger partial charge in [0.2, 0.25) is 0 Å². The summed E-state index contributed by atoms with van der Waals surface area (Å²) in [5.41, 5.74) is 2.19. The van der Waals surface area contributed by atoms with Crippen LogP contribution in [0.5, 0.6) is 11.5 Å². The molecule has 0 spiro atoms. The molecule has 1 aromatic carbocycles. The number of hydrogen-bond acceptors (Lipinski definition) is 3. The molecule has 0 radical (unpaired) electrons. The number of aryl methyl sites for hydroxylation is 1. The van der Waals surface area contributed by atoms with Gasteiger partial charge in [-0.15, -0.1) is 0 Å². The van der Waals surface area contributed by atoms with Gasteiger partial charge < -0.3 is 14.3 Å². The van der Waals surface area contributed by atoms with Crippen LogP contribution < -0.4 is 9.47 Å². The van der Waals surface area contributed by atoms with Gasteiger partial charge in [-0.25, -0.2) is 0 Å². The van der Waals surface area contributed by atoms with Gasteiger partial charge in [0.1, 0.15) is 6.29 Å². The minimum Gasteiger partial charge on any atom is -0.489 e. The quantitative estimate of drug-likeness (QED) is 0.787. The van der Waals surface area contributed by atoms with Crippen LogP contribution in [0.4, 0.5) is 0 Å².